The number of piperazine rings is 1. The molecule has 0 aromatic heterocycles. The molecule has 1 aromatic rings. The Kier molecular flexibility index (Phi) is 6.37. The Balaban J connectivity index is 1.38. The summed E-state index contributed by atoms with van der Waals surface area (Å²) in [6.07, 6.45) is 5.00. The summed E-state index contributed by atoms with van der Waals surface area (Å²) in [7, 11) is -1.94. The van der Waals surface area contributed by atoms with Gasteiger partial charge in [-0.2, -0.15) is 17.0 Å². The average Bonchev–Trinajstić information content (AvgIpc) is 3.08. The van der Waals surface area contributed by atoms with Gasteiger partial charge in [-0.3, -0.25) is 19.3 Å². The van der Waals surface area contributed by atoms with Gasteiger partial charge in [-0.25, -0.2) is 0 Å². The molecule has 1 unspecified atom stereocenters. The smallest absolute Gasteiger partial charge is 0.282 e. The number of carbonyl (C=O) groups is 3. The lowest BCUT2D eigenvalue weighted by Gasteiger charge is -2.39. The number of hydrogen-bond acceptors (Lipinski definition) is 5. The molecule has 3 aliphatic rings. The number of carbonyl (C=O) groups excluding carboxylic acids is 3. The van der Waals surface area contributed by atoms with Crippen molar-refractivity contribution in [2.75, 3.05) is 33.2 Å². The molecule has 3 amide bonds. The molecule has 4 rings (SSSR count). The molecule has 10 heteroatoms. The van der Waals surface area contributed by atoms with Gasteiger partial charge < -0.3 is 4.90 Å². The lowest BCUT2D eigenvalue weighted by Crippen LogP contribution is -2.58. The number of rotatable bonds is 5. The molecular formula is C22H30N4O5S. The van der Waals surface area contributed by atoms with E-state index >= 15 is 0 Å². The Labute approximate surface area is 189 Å². The molecule has 2 heterocycles. The first-order chi connectivity index (χ1) is 15.2. The van der Waals surface area contributed by atoms with Gasteiger partial charge in [0.15, 0.2) is 0 Å². The first kappa shape index (κ1) is 22.9. The summed E-state index contributed by atoms with van der Waals surface area (Å²) in [6.45, 7) is 2.39. The number of hydrogen-bond donors (Lipinski definition) is 0. The summed E-state index contributed by atoms with van der Waals surface area (Å²) < 4.78 is 29.1. The van der Waals surface area contributed by atoms with Gasteiger partial charge in [0.25, 0.3) is 22.0 Å². The number of fused-ring (bicyclic) bond motifs is 1. The SMILES string of the molecule is CC(C(=O)N1CCN(S(=O)(=O)N(C)C2CCCCC2)CC1)N1C(=O)c2ccccc2C1=O. The standard InChI is InChI=1S/C22H30N4O5S/c1-16(26-21(28)18-10-6-7-11-19(18)22(26)29)20(27)24-12-14-25(15-13-24)32(30,31)23(2)17-8-4-3-5-9-17/h6-7,10-11,16-17H,3-5,8-9,12-15H2,1-2H3. The fourth-order valence-corrected chi connectivity index (χ4v) is 6.47. The van der Waals surface area contributed by atoms with Crippen molar-refractivity contribution < 1.29 is 22.8 Å². The zero-order valence-corrected chi connectivity index (χ0v) is 19.4. The van der Waals surface area contributed by atoms with Crippen LogP contribution in [0.15, 0.2) is 24.3 Å². The first-order valence-electron chi connectivity index (χ1n) is 11.2. The lowest BCUT2D eigenvalue weighted by molar-refractivity contribution is -0.136. The molecule has 1 atom stereocenters. The van der Waals surface area contributed by atoms with Crippen molar-refractivity contribution in [2.24, 2.45) is 0 Å². The highest BCUT2D eigenvalue weighted by molar-refractivity contribution is 7.86. The Hall–Kier alpha value is -2.30. The van der Waals surface area contributed by atoms with E-state index in [2.05, 4.69) is 0 Å². The van der Waals surface area contributed by atoms with Crippen molar-refractivity contribution in [3.05, 3.63) is 35.4 Å². The average molecular weight is 463 g/mol. The Morgan fingerprint density at radius 2 is 1.50 bits per heavy atom. The second kappa shape index (κ2) is 8.92. The van der Waals surface area contributed by atoms with E-state index in [1.165, 1.54) is 8.61 Å². The highest BCUT2D eigenvalue weighted by Gasteiger charge is 2.43. The molecule has 174 valence electrons. The van der Waals surface area contributed by atoms with Crippen LogP contribution in [0.25, 0.3) is 0 Å². The van der Waals surface area contributed by atoms with Crippen molar-refractivity contribution in [2.45, 2.75) is 51.1 Å². The van der Waals surface area contributed by atoms with Gasteiger partial charge in [0.2, 0.25) is 5.91 Å². The molecule has 1 aliphatic carbocycles. The highest BCUT2D eigenvalue weighted by Crippen LogP contribution is 2.27. The van der Waals surface area contributed by atoms with Gasteiger partial charge in [-0.05, 0) is 31.9 Å². The van der Waals surface area contributed by atoms with Gasteiger partial charge in [0, 0.05) is 39.3 Å². The summed E-state index contributed by atoms with van der Waals surface area (Å²) in [6, 6.07) is 5.62. The van der Waals surface area contributed by atoms with Gasteiger partial charge in [-0.15, -0.1) is 0 Å². The van der Waals surface area contributed by atoms with Crippen LogP contribution < -0.4 is 0 Å². The molecule has 1 saturated heterocycles. The van der Waals surface area contributed by atoms with Crippen LogP contribution in [-0.2, 0) is 15.0 Å². The third-order valence-electron chi connectivity index (χ3n) is 6.90. The third kappa shape index (κ3) is 3.95. The van der Waals surface area contributed by atoms with E-state index in [0.29, 0.717) is 11.1 Å². The second-order valence-corrected chi connectivity index (χ2v) is 10.7. The predicted octanol–water partition coefficient (Wildman–Crippen LogP) is 1.32. The quantitative estimate of drug-likeness (QED) is 0.615. The van der Waals surface area contributed by atoms with Crippen LogP contribution in [0.2, 0.25) is 0 Å². The molecule has 1 saturated carbocycles. The van der Waals surface area contributed by atoms with Crippen LogP contribution in [0.1, 0.15) is 59.7 Å². The highest BCUT2D eigenvalue weighted by atomic mass is 32.2. The van der Waals surface area contributed by atoms with E-state index in [0.717, 1.165) is 37.0 Å². The maximum atomic E-state index is 13.1. The van der Waals surface area contributed by atoms with E-state index in [1.807, 2.05) is 0 Å². The van der Waals surface area contributed by atoms with Gasteiger partial charge in [0.1, 0.15) is 6.04 Å². The third-order valence-corrected chi connectivity index (χ3v) is 8.94. The van der Waals surface area contributed by atoms with E-state index in [4.69, 9.17) is 0 Å². The summed E-state index contributed by atoms with van der Waals surface area (Å²) in [5, 5.41) is 0. The summed E-state index contributed by atoms with van der Waals surface area (Å²) in [4.78, 5) is 41.0. The van der Waals surface area contributed by atoms with E-state index < -0.39 is 28.1 Å². The second-order valence-electron chi connectivity index (χ2n) is 8.74. The minimum absolute atomic E-state index is 0.0299. The van der Waals surface area contributed by atoms with Crippen molar-refractivity contribution in [3.8, 4) is 0 Å². The van der Waals surface area contributed by atoms with Crippen LogP contribution in [0.4, 0.5) is 0 Å². The minimum Gasteiger partial charge on any atom is -0.338 e. The van der Waals surface area contributed by atoms with E-state index in [9.17, 15) is 22.8 Å². The van der Waals surface area contributed by atoms with Crippen LogP contribution in [-0.4, -0.2) is 89.9 Å². The van der Waals surface area contributed by atoms with Crippen LogP contribution >= 0.6 is 0 Å². The van der Waals surface area contributed by atoms with Crippen molar-refractivity contribution in [1.29, 1.82) is 0 Å². The van der Waals surface area contributed by atoms with Crippen LogP contribution in [0, 0.1) is 0 Å². The topological polar surface area (TPSA) is 98.3 Å². The molecular weight excluding hydrogens is 432 g/mol. The zero-order chi connectivity index (χ0) is 23.0. The van der Waals surface area contributed by atoms with Crippen molar-refractivity contribution in [1.82, 2.24) is 18.4 Å². The molecule has 0 radical (unpaired) electrons. The minimum atomic E-state index is -3.59. The molecule has 0 spiro atoms. The summed E-state index contributed by atoms with van der Waals surface area (Å²) >= 11 is 0. The largest absolute Gasteiger partial charge is 0.338 e. The fraction of sp³-hybridized carbons (Fsp3) is 0.591. The Morgan fingerprint density at radius 1 is 0.969 bits per heavy atom. The van der Waals surface area contributed by atoms with Crippen LogP contribution in [0.3, 0.4) is 0 Å². The Bertz CT molecular complexity index is 978. The van der Waals surface area contributed by atoms with Crippen LogP contribution in [0.5, 0.6) is 0 Å². The maximum Gasteiger partial charge on any atom is 0.282 e. The predicted molar refractivity (Wildman–Crippen MR) is 118 cm³/mol. The fourth-order valence-electron chi connectivity index (χ4n) is 4.89. The lowest BCUT2D eigenvalue weighted by atomic mass is 9.96. The van der Waals surface area contributed by atoms with Crippen molar-refractivity contribution >= 4 is 27.9 Å². The van der Waals surface area contributed by atoms with Gasteiger partial charge >= 0.3 is 0 Å². The molecule has 0 N–H and O–H groups in total. The van der Waals surface area contributed by atoms with Gasteiger partial charge in [0.05, 0.1) is 11.1 Å². The van der Waals surface area contributed by atoms with Crippen molar-refractivity contribution in [3.63, 3.8) is 0 Å². The molecule has 1 aromatic carbocycles. The maximum absolute atomic E-state index is 13.1. The van der Waals surface area contributed by atoms with E-state index in [1.54, 1.807) is 43.1 Å². The number of amides is 3. The normalized spacial score (nSPS) is 21.8. The summed E-state index contributed by atoms with van der Waals surface area (Å²) in [5.74, 6) is -1.29. The first-order valence-corrected chi connectivity index (χ1v) is 12.6. The molecule has 9 nitrogen and oxygen atoms in total. The van der Waals surface area contributed by atoms with E-state index in [-0.39, 0.29) is 38.1 Å². The summed E-state index contributed by atoms with van der Waals surface area (Å²) in [5.41, 5.74) is 0.609. The Morgan fingerprint density at radius 3 is 2.03 bits per heavy atom. The monoisotopic (exact) mass is 462 g/mol. The molecule has 32 heavy (non-hydrogen) atoms. The zero-order valence-electron chi connectivity index (χ0n) is 18.6. The molecule has 2 fully saturated rings. The molecule has 0 bridgehead atoms. The number of imide groups is 1. The number of benzene rings is 1. The molecule has 2 aliphatic heterocycles. The van der Waals surface area contributed by atoms with Gasteiger partial charge in [-0.1, -0.05) is 31.4 Å². The number of nitrogens with zero attached hydrogens (tertiary/aromatic N) is 4.